The Labute approximate surface area is 192 Å². The Morgan fingerprint density at radius 3 is 2.39 bits per heavy atom. The SMILES string of the molecule is CC(=O)Nc1cc(C(=O)N[C@@H](C)CCc2ccccc2)ccc1Sc1ccc(Cl)cc1. The minimum Gasteiger partial charge on any atom is -0.350 e. The van der Waals surface area contributed by atoms with Gasteiger partial charge >= 0.3 is 0 Å². The number of benzene rings is 3. The lowest BCUT2D eigenvalue weighted by molar-refractivity contribution is -0.114. The molecule has 2 amide bonds. The Morgan fingerprint density at radius 2 is 1.71 bits per heavy atom. The molecule has 0 saturated carbocycles. The molecule has 0 aliphatic rings. The van der Waals surface area contributed by atoms with Crippen LogP contribution < -0.4 is 10.6 Å². The maximum absolute atomic E-state index is 12.8. The van der Waals surface area contributed by atoms with E-state index in [1.807, 2.05) is 55.5 Å². The number of amides is 2. The van der Waals surface area contributed by atoms with Crippen LogP contribution >= 0.6 is 23.4 Å². The first kappa shape index (κ1) is 22.9. The number of hydrogen-bond acceptors (Lipinski definition) is 3. The average Bonchev–Trinajstić information content (AvgIpc) is 2.75. The number of hydrogen-bond donors (Lipinski definition) is 2. The largest absolute Gasteiger partial charge is 0.350 e. The van der Waals surface area contributed by atoms with Crippen LogP contribution in [0.1, 0.15) is 36.2 Å². The molecule has 0 spiro atoms. The van der Waals surface area contributed by atoms with Gasteiger partial charge in [-0.15, -0.1) is 0 Å². The van der Waals surface area contributed by atoms with Crippen LogP contribution in [0.5, 0.6) is 0 Å². The fourth-order valence-electron chi connectivity index (χ4n) is 3.08. The van der Waals surface area contributed by atoms with Crippen LogP contribution in [0.15, 0.2) is 82.6 Å². The van der Waals surface area contributed by atoms with Crippen molar-refractivity contribution in [3.63, 3.8) is 0 Å². The van der Waals surface area contributed by atoms with Gasteiger partial charge in [-0.25, -0.2) is 0 Å². The maximum Gasteiger partial charge on any atom is 0.251 e. The van der Waals surface area contributed by atoms with Gasteiger partial charge in [0.2, 0.25) is 5.91 Å². The summed E-state index contributed by atoms with van der Waals surface area (Å²) in [6, 6.07) is 23.1. The van der Waals surface area contributed by atoms with Crippen molar-refractivity contribution in [2.24, 2.45) is 0 Å². The zero-order valence-electron chi connectivity index (χ0n) is 17.5. The first-order chi connectivity index (χ1) is 14.9. The van der Waals surface area contributed by atoms with Crippen LogP contribution in [0.25, 0.3) is 0 Å². The highest BCUT2D eigenvalue weighted by Crippen LogP contribution is 2.34. The van der Waals surface area contributed by atoms with Crippen molar-refractivity contribution >= 4 is 40.9 Å². The van der Waals surface area contributed by atoms with E-state index in [0.29, 0.717) is 16.3 Å². The number of rotatable bonds is 8. The van der Waals surface area contributed by atoms with Crippen LogP contribution in [-0.4, -0.2) is 17.9 Å². The van der Waals surface area contributed by atoms with Gasteiger partial charge in [0, 0.05) is 33.3 Å². The van der Waals surface area contributed by atoms with Gasteiger partial charge < -0.3 is 10.6 Å². The summed E-state index contributed by atoms with van der Waals surface area (Å²) in [6.07, 6.45) is 1.74. The molecule has 0 aliphatic heterocycles. The van der Waals surface area contributed by atoms with Gasteiger partial charge in [0.25, 0.3) is 5.91 Å². The normalized spacial score (nSPS) is 11.6. The van der Waals surface area contributed by atoms with Crippen molar-refractivity contribution in [2.45, 2.75) is 42.5 Å². The van der Waals surface area contributed by atoms with Gasteiger partial charge in [0.1, 0.15) is 0 Å². The Morgan fingerprint density at radius 1 is 1.00 bits per heavy atom. The van der Waals surface area contributed by atoms with Gasteiger partial charge in [-0.1, -0.05) is 53.7 Å². The molecule has 0 saturated heterocycles. The molecule has 0 heterocycles. The van der Waals surface area contributed by atoms with E-state index < -0.39 is 0 Å². The predicted octanol–water partition coefficient (Wildman–Crippen LogP) is 6.20. The zero-order chi connectivity index (χ0) is 22.2. The summed E-state index contributed by atoms with van der Waals surface area (Å²) in [5.41, 5.74) is 2.37. The number of nitrogens with one attached hydrogen (secondary N) is 2. The minimum atomic E-state index is -0.188. The smallest absolute Gasteiger partial charge is 0.251 e. The number of halogens is 1. The first-order valence-corrected chi connectivity index (χ1v) is 11.3. The molecule has 0 aromatic heterocycles. The fraction of sp³-hybridized carbons (Fsp3) is 0.200. The van der Waals surface area contributed by atoms with Gasteiger partial charge in [-0.05, 0) is 67.8 Å². The standard InChI is InChI=1S/C25H25ClN2O2S/c1-17(8-9-19-6-4-3-5-7-19)27-25(30)20-10-15-24(23(16-20)28-18(2)29)31-22-13-11-21(26)12-14-22/h3-7,10-17H,8-9H2,1-2H3,(H,27,30)(H,28,29)/t17-/m0/s1. The molecule has 4 nitrogen and oxygen atoms in total. The van der Waals surface area contributed by atoms with Gasteiger partial charge in [0.05, 0.1) is 5.69 Å². The van der Waals surface area contributed by atoms with E-state index in [-0.39, 0.29) is 17.9 Å². The molecule has 0 radical (unpaired) electrons. The Balaban J connectivity index is 1.69. The second-order valence-corrected chi connectivity index (χ2v) is 8.90. The molecule has 0 fully saturated rings. The topological polar surface area (TPSA) is 58.2 Å². The molecular weight excluding hydrogens is 428 g/mol. The predicted molar refractivity (Wildman–Crippen MR) is 128 cm³/mol. The Kier molecular flexibility index (Phi) is 8.15. The van der Waals surface area contributed by atoms with Crippen molar-refractivity contribution in [1.82, 2.24) is 5.32 Å². The second kappa shape index (κ2) is 11.0. The van der Waals surface area contributed by atoms with E-state index in [0.717, 1.165) is 22.6 Å². The number of carbonyl (C=O) groups excluding carboxylic acids is 2. The highest BCUT2D eigenvalue weighted by molar-refractivity contribution is 7.99. The Hall–Kier alpha value is -2.76. The lowest BCUT2D eigenvalue weighted by atomic mass is 10.1. The van der Waals surface area contributed by atoms with Crippen LogP contribution in [0.3, 0.4) is 0 Å². The molecule has 6 heteroatoms. The third kappa shape index (κ3) is 7.16. The summed E-state index contributed by atoms with van der Waals surface area (Å²) in [7, 11) is 0. The van der Waals surface area contributed by atoms with Crippen molar-refractivity contribution in [1.29, 1.82) is 0 Å². The van der Waals surface area contributed by atoms with E-state index in [1.165, 1.54) is 24.2 Å². The fourth-order valence-corrected chi connectivity index (χ4v) is 4.09. The summed E-state index contributed by atoms with van der Waals surface area (Å²) in [6.45, 7) is 3.45. The van der Waals surface area contributed by atoms with Gasteiger partial charge in [-0.3, -0.25) is 9.59 Å². The molecule has 2 N–H and O–H groups in total. The molecule has 3 aromatic carbocycles. The molecule has 31 heavy (non-hydrogen) atoms. The monoisotopic (exact) mass is 452 g/mol. The van der Waals surface area contributed by atoms with E-state index in [9.17, 15) is 9.59 Å². The summed E-state index contributed by atoms with van der Waals surface area (Å²) in [5.74, 6) is -0.345. The minimum absolute atomic E-state index is 0.0278. The quantitative estimate of drug-likeness (QED) is 0.427. The van der Waals surface area contributed by atoms with E-state index in [2.05, 4.69) is 22.8 Å². The maximum atomic E-state index is 12.8. The average molecular weight is 453 g/mol. The van der Waals surface area contributed by atoms with Crippen LogP contribution in [0.2, 0.25) is 5.02 Å². The zero-order valence-corrected chi connectivity index (χ0v) is 19.1. The highest BCUT2D eigenvalue weighted by atomic mass is 35.5. The van der Waals surface area contributed by atoms with Crippen molar-refractivity contribution in [3.8, 4) is 0 Å². The van der Waals surface area contributed by atoms with Gasteiger partial charge in [0.15, 0.2) is 0 Å². The van der Waals surface area contributed by atoms with Gasteiger partial charge in [-0.2, -0.15) is 0 Å². The Bertz CT molecular complexity index is 1040. The molecule has 3 rings (SSSR count). The van der Waals surface area contributed by atoms with E-state index in [1.54, 1.807) is 12.1 Å². The summed E-state index contributed by atoms with van der Waals surface area (Å²) in [5, 5.41) is 6.55. The lowest BCUT2D eigenvalue weighted by Gasteiger charge is -2.16. The van der Waals surface area contributed by atoms with Crippen molar-refractivity contribution < 1.29 is 9.59 Å². The van der Waals surface area contributed by atoms with Crippen LogP contribution in [0, 0.1) is 0 Å². The first-order valence-electron chi connectivity index (χ1n) is 10.1. The number of carbonyl (C=O) groups is 2. The second-order valence-electron chi connectivity index (χ2n) is 7.35. The molecule has 0 bridgehead atoms. The van der Waals surface area contributed by atoms with Crippen LogP contribution in [0.4, 0.5) is 5.69 Å². The highest BCUT2D eigenvalue weighted by Gasteiger charge is 2.14. The lowest BCUT2D eigenvalue weighted by Crippen LogP contribution is -2.33. The summed E-state index contributed by atoms with van der Waals surface area (Å²) < 4.78 is 0. The molecule has 0 unspecified atom stereocenters. The third-order valence-electron chi connectivity index (χ3n) is 4.68. The molecular formula is C25H25ClN2O2S. The molecule has 160 valence electrons. The van der Waals surface area contributed by atoms with E-state index >= 15 is 0 Å². The molecule has 0 aliphatic carbocycles. The third-order valence-corrected chi connectivity index (χ3v) is 6.02. The molecule has 3 aromatic rings. The van der Waals surface area contributed by atoms with Crippen molar-refractivity contribution in [3.05, 3.63) is 88.9 Å². The summed E-state index contributed by atoms with van der Waals surface area (Å²) in [4.78, 5) is 26.3. The number of aryl methyl sites for hydroxylation is 1. The number of anilines is 1. The van der Waals surface area contributed by atoms with Crippen molar-refractivity contribution in [2.75, 3.05) is 5.32 Å². The molecule has 1 atom stereocenters. The van der Waals surface area contributed by atoms with E-state index in [4.69, 9.17) is 11.6 Å². The summed E-state index contributed by atoms with van der Waals surface area (Å²) >= 11 is 7.46. The van der Waals surface area contributed by atoms with Crippen LogP contribution in [-0.2, 0) is 11.2 Å².